The molecule has 0 fully saturated rings. The van der Waals surface area contributed by atoms with E-state index in [9.17, 15) is 0 Å². The first-order valence-corrected chi connectivity index (χ1v) is 15.3. The SMILES string of the molecule is COc1ccc(C2(c3ccc(OC)cc3)C=Cc3c4c(c5cc6c(cc5c3O2)OCCS6)-c2ccccc2CC4)cc1. The van der Waals surface area contributed by atoms with Crippen molar-refractivity contribution in [2.75, 3.05) is 26.6 Å². The molecule has 3 aliphatic rings. The van der Waals surface area contributed by atoms with Crippen LogP contribution in [0.5, 0.6) is 23.0 Å². The Kier molecular flexibility index (Phi) is 5.97. The van der Waals surface area contributed by atoms with Crippen LogP contribution in [0.15, 0.2) is 95.9 Å². The zero-order valence-corrected chi connectivity index (χ0v) is 24.4. The van der Waals surface area contributed by atoms with E-state index in [0.29, 0.717) is 6.61 Å². The zero-order valence-electron chi connectivity index (χ0n) is 23.6. The van der Waals surface area contributed by atoms with Gasteiger partial charge in [-0.15, -0.1) is 11.8 Å². The van der Waals surface area contributed by atoms with E-state index >= 15 is 0 Å². The van der Waals surface area contributed by atoms with Gasteiger partial charge in [-0.3, -0.25) is 0 Å². The molecule has 4 nitrogen and oxygen atoms in total. The minimum atomic E-state index is -0.842. The van der Waals surface area contributed by atoms with E-state index in [4.69, 9.17) is 18.9 Å². The van der Waals surface area contributed by atoms with Gasteiger partial charge in [-0.25, -0.2) is 0 Å². The average Bonchev–Trinajstić information content (AvgIpc) is 3.07. The van der Waals surface area contributed by atoms with Crippen molar-refractivity contribution in [1.82, 2.24) is 0 Å². The van der Waals surface area contributed by atoms with Gasteiger partial charge in [-0.05, 0) is 83.0 Å². The summed E-state index contributed by atoms with van der Waals surface area (Å²) >= 11 is 1.87. The Bertz CT molecular complexity index is 1820. The van der Waals surface area contributed by atoms with Crippen LogP contribution in [0.2, 0.25) is 0 Å². The Balaban J connectivity index is 1.41. The van der Waals surface area contributed by atoms with Gasteiger partial charge in [0.25, 0.3) is 0 Å². The molecule has 5 heteroatoms. The maximum atomic E-state index is 7.37. The van der Waals surface area contributed by atoms with Gasteiger partial charge in [0, 0.05) is 27.8 Å². The number of thioether (sulfide) groups is 1. The van der Waals surface area contributed by atoms with Crippen LogP contribution in [0.1, 0.15) is 27.8 Å². The molecule has 208 valence electrons. The van der Waals surface area contributed by atoms with Crippen molar-refractivity contribution in [2.45, 2.75) is 23.3 Å². The molecule has 0 atom stereocenters. The molecular weight excluding hydrogens is 540 g/mol. The molecule has 0 N–H and O–H groups in total. The third-order valence-electron chi connectivity index (χ3n) is 8.78. The molecule has 42 heavy (non-hydrogen) atoms. The lowest BCUT2D eigenvalue weighted by Crippen LogP contribution is -2.34. The molecule has 0 spiro atoms. The first-order chi connectivity index (χ1) is 20.7. The third kappa shape index (κ3) is 3.83. The average molecular weight is 571 g/mol. The molecule has 8 rings (SSSR count). The summed E-state index contributed by atoms with van der Waals surface area (Å²) in [5.74, 6) is 4.41. The number of ether oxygens (including phenoxy) is 4. The minimum Gasteiger partial charge on any atom is -0.497 e. The van der Waals surface area contributed by atoms with E-state index in [1.807, 2.05) is 36.0 Å². The maximum absolute atomic E-state index is 7.37. The molecule has 2 heterocycles. The van der Waals surface area contributed by atoms with Gasteiger partial charge < -0.3 is 18.9 Å². The molecule has 0 saturated heterocycles. The first-order valence-electron chi connectivity index (χ1n) is 14.4. The van der Waals surface area contributed by atoms with Gasteiger partial charge in [0.1, 0.15) is 23.0 Å². The van der Waals surface area contributed by atoms with Gasteiger partial charge in [0.2, 0.25) is 0 Å². The standard InChI is InChI=1S/C37H30O4S/c1-38-26-12-8-24(9-13-26)37(25-10-14-27(39-2)15-11-25)18-17-30-29-16-7-23-5-3-4-6-28(23)35(29)31-22-34-33(40-19-20-42-34)21-32(31)36(30)41-37/h3-6,8-15,17-18,21-22H,7,16,19-20H2,1-2H3. The fourth-order valence-electron chi connectivity index (χ4n) is 6.71. The van der Waals surface area contributed by atoms with Gasteiger partial charge >= 0.3 is 0 Å². The molecule has 2 aliphatic heterocycles. The van der Waals surface area contributed by atoms with Gasteiger partial charge in [0.05, 0.1) is 25.7 Å². The Morgan fingerprint density at radius 3 is 2.21 bits per heavy atom. The van der Waals surface area contributed by atoms with Crippen LogP contribution in [-0.4, -0.2) is 26.6 Å². The number of hydrogen-bond donors (Lipinski definition) is 0. The molecule has 0 amide bonds. The molecule has 0 radical (unpaired) electrons. The predicted molar refractivity (Wildman–Crippen MR) is 169 cm³/mol. The molecule has 0 aromatic heterocycles. The highest BCUT2D eigenvalue weighted by atomic mass is 32.2. The summed E-state index contributed by atoms with van der Waals surface area (Å²) in [5.41, 5.74) is 7.77. The number of methoxy groups -OCH3 is 2. The number of rotatable bonds is 4. The van der Waals surface area contributed by atoms with E-state index in [1.54, 1.807) is 14.2 Å². The number of benzene rings is 5. The second-order valence-corrected chi connectivity index (χ2v) is 12.1. The summed E-state index contributed by atoms with van der Waals surface area (Å²) in [6.07, 6.45) is 6.49. The van der Waals surface area contributed by atoms with Crippen LogP contribution in [0.3, 0.4) is 0 Å². The lowest BCUT2D eigenvalue weighted by Gasteiger charge is -2.38. The first kappa shape index (κ1) is 25.4. The van der Waals surface area contributed by atoms with Crippen molar-refractivity contribution in [2.24, 2.45) is 0 Å². The number of aryl methyl sites for hydroxylation is 1. The number of hydrogen-bond acceptors (Lipinski definition) is 5. The van der Waals surface area contributed by atoms with E-state index < -0.39 is 5.60 Å². The van der Waals surface area contributed by atoms with Crippen molar-refractivity contribution < 1.29 is 18.9 Å². The van der Waals surface area contributed by atoms with Gasteiger partial charge in [-0.2, -0.15) is 0 Å². The quantitative estimate of drug-likeness (QED) is 0.217. The van der Waals surface area contributed by atoms with Crippen molar-refractivity contribution in [3.8, 4) is 34.1 Å². The van der Waals surface area contributed by atoms with Crippen LogP contribution in [0.25, 0.3) is 28.0 Å². The second-order valence-electron chi connectivity index (χ2n) is 10.9. The van der Waals surface area contributed by atoms with E-state index in [1.165, 1.54) is 32.5 Å². The van der Waals surface area contributed by atoms with Crippen molar-refractivity contribution >= 4 is 28.6 Å². The normalized spacial score (nSPS) is 15.9. The predicted octanol–water partition coefficient (Wildman–Crippen LogP) is 8.46. The smallest absolute Gasteiger partial charge is 0.178 e. The molecule has 0 saturated carbocycles. The van der Waals surface area contributed by atoms with Crippen LogP contribution >= 0.6 is 11.8 Å². The molecule has 0 bridgehead atoms. The van der Waals surface area contributed by atoms with E-state index in [2.05, 4.69) is 72.8 Å². The van der Waals surface area contributed by atoms with E-state index in [-0.39, 0.29) is 0 Å². The Morgan fingerprint density at radius 1 is 0.786 bits per heavy atom. The highest BCUT2D eigenvalue weighted by Gasteiger charge is 2.40. The van der Waals surface area contributed by atoms with Crippen molar-refractivity contribution in [3.63, 3.8) is 0 Å². The maximum Gasteiger partial charge on any atom is 0.178 e. The Morgan fingerprint density at radius 2 is 1.50 bits per heavy atom. The molecule has 5 aromatic rings. The van der Waals surface area contributed by atoms with Gasteiger partial charge in [0.15, 0.2) is 5.60 Å². The van der Waals surface area contributed by atoms with Crippen molar-refractivity contribution in [3.05, 3.63) is 119 Å². The van der Waals surface area contributed by atoms with Crippen LogP contribution in [0, 0.1) is 0 Å². The second kappa shape index (κ2) is 9.88. The Labute approximate surface area is 249 Å². The lowest BCUT2D eigenvalue weighted by atomic mass is 9.77. The molecule has 1 aliphatic carbocycles. The fraction of sp³-hybridized carbons (Fsp3) is 0.189. The summed E-state index contributed by atoms with van der Waals surface area (Å²) < 4.78 is 24.5. The summed E-state index contributed by atoms with van der Waals surface area (Å²) in [6.45, 7) is 0.710. The third-order valence-corrected chi connectivity index (χ3v) is 9.79. The van der Waals surface area contributed by atoms with Crippen molar-refractivity contribution in [1.29, 1.82) is 0 Å². The summed E-state index contributed by atoms with van der Waals surface area (Å²) in [7, 11) is 3.38. The molecule has 5 aromatic carbocycles. The Hall–Kier alpha value is -4.35. The van der Waals surface area contributed by atoms with Gasteiger partial charge in [-0.1, -0.05) is 54.6 Å². The highest BCUT2D eigenvalue weighted by molar-refractivity contribution is 7.99. The molecular formula is C37H30O4S. The lowest BCUT2D eigenvalue weighted by molar-refractivity contribution is 0.163. The largest absolute Gasteiger partial charge is 0.497 e. The minimum absolute atomic E-state index is 0.710. The van der Waals surface area contributed by atoms with Crippen LogP contribution in [-0.2, 0) is 18.4 Å². The van der Waals surface area contributed by atoms with Crippen LogP contribution < -0.4 is 18.9 Å². The zero-order chi connectivity index (χ0) is 28.3. The van der Waals surface area contributed by atoms with E-state index in [0.717, 1.165) is 63.7 Å². The summed E-state index contributed by atoms with van der Waals surface area (Å²) in [6, 6.07) is 29.7. The van der Waals surface area contributed by atoms with Crippen LogP contribution in [0.4, 0.5) is 0 Å². The number of fused-ring (bicyclic) bond motifs is 9. The summed E-state index contributed by atoms with van der Waals surface area (Å²) in [5, 5.41) is 2.30. The monoisotopic (exact) mass is 570 g/mol. The molecule has 0 unspecified atom stereocenters. The fourth-order valence-corrected chi connectivity index (χ4v) is 7.56. The highest BCUT2D eigenvalue weighted by Crippen LogP contribution is 2.53. The topological polar surface area (TPSA) is 36.9 Å². The summed E-state index contributed by atoms with van der Waals surface area (Å²) in [4.78, 5) is 1.20.